The number of piperidine rings is 1. The molecule has 1 spiro atoms. The highest BCUT2D eigenvalue weighted by molar-refractivity contribution is 6.30. The third-order valence-corrected chi connectivity index (χ3v) is 4.83. The van der Waals surface area contributed by atoms with Crippen LogP contribution in [-0.2, 0) is 4.74 Å². The third-order valence-electron chi connectivity index (χ3n) is 4.40. The minimum Gasteiger partial charge on any atom is -0.373 e. The Bertz CT molecular complexity index is 753. The summed E-state index contributed by atoms with van der Waals surface area (Å²) in [7, 11) is 0. The van der Waals surface area contributed by atoms with Gasteiger partial charge in [-0.1, -0.05) is 11.6 Å². The molecule has 2 aromatic heterocycles. The van der Waals surface area contributed by atoms with Crippen molar-refractivity contribution in [2.24, 2.45) is 0 Å². The van der Waals surface area contributed by atoms with Crippen LogP contribution in [0.25, 0.3) is 10.9 Å². The second-order valence-corrected chi connectivity index (χ2v) is 6.44. The highest BCUT2D eigenvalue weighted by Gasteiger charge is 2.42. The van der Waals surface area contributed by atoms with E-state index >= 15 is 0 Å². The van der Waals surface area contributed by atoms with E-state index in [9.17, 15) is 4.39 Å². The minimum absolute atomic E-state index is 0.00202. The maximum atomic E-state index is 14.2. The molecule has 2 aliphatic heterocycles. The number of nitrogens with zero attached hydrogens (tertiary/aromatic N) is 4. The molecule has 116 valence electrons. The molecule has 8 heteroatoms. The fourth-order valence-electron chi connectivity index (χ4n) is 3.23. The molecule has 0 saturated carbocycles. The van der Waals surface area contributed by atoms with Crippen molar-refractivity contribution in [1.29, 1.82) is 0 Å². The van der Waals surface area contributed by atoms with Crippen LogP contribution < -0.4 is 4.90 Å². The molecule has 22 heavy (non-hydrogen) atoms. The molecular formula is C14H13Cl2FN4O. The number of anilines is 1. The predicted octanol–water partition coefficient (Wildman–Crippen LogP) is 3.23. The van der Waals surface area contributed by atoms with Gasteiger partial charge in [0.25, 0.3) is 0 Å². The van der Waals surface area contributed by atoms with Gasteiger partial charge in [0.2, 0.25) is 5.28 Å². The highest BCUT2D eigenvalue weighted by Crippen LogP contribution is 2.38. The number of aromatic nitrogens is 3. The summed E-state index contributed by atoms with van der Waals surface area (Å²) in [6, 6.07) is 0. The van der Waals surface area contributed by atoms with Crippen LogP contribution in [0.15, 0.2) is 6.20 Å². The van der Waals surface area contributed by atoms with E-state index < -0.39 is 5.82 Å². The number of fused-ring (bicyclic) bond motifs is 1. The molecule has 0 radical (unpaired) electrons. The van der Waals surface area contributed by atoms with Crippen LogP contribution in [0.4, 0.5) is 10.2 Å². The summed E-state index contributed by atoms with van der Waals surface area (Å²) in [6.07, 6.45) is 4.57. The van der Waals surface area contributed by atoms with Gasteiger partial charge in [-0.3, -0.25) is 0 Å². The van der Waals surface area contributed by atoms with E-state index in [-0.39, 0.29) is 21.6 Å². The maximum absolute atomic E-state index is 14.2. The van der Waals surface area contributed by atoms with Gasteiger partial charge in [0.15, 0.2) is 11.0 Å². The first-order valence-electron chi connectivity index (χ1n) is 7.14. The first kappa shape index (κ1) is 14.4. The Morgan fingerprint density at radius 3 is 2.82 bits per heavy atom. The number of rotatable bonds is 1. The van der Waals surface area contributed by atoms with Crippen molar-refractivity contribution >= 4 is 39.9 Å². The van der Waals surface area contributed by atoms with Crippen molar-refractivity contribution in [2.75, 3.05) is 24.6 Å². The van der Waals surface area contributed by atoms with E-state index in [0.717, 1.165) is 39.0 Å². The van der Waals surface area contributed by atoms with Gasteiger partial charge in [-0.2, -0.15) is 4.98 Å². The number of halogens is 3. The molecule has 0 aliphatic carbocycles. The van der Waals surface area contributed by atoms with Crippen LogP contribution in [0.5, 0.6) is 0 Å². The molecule has 2 aliphatic rings. The van der Waals surface area contributed by atoms with Crippen molar-refractivity contribution in [3.8, 4) is 0 Å². The van der Waals surface area contributed by atoms with Crippen molar-refractivity contribution < 1.29 is 9.13 Å². The fraction of sp³-hybridized carbons (Fsp3) is 0.500. The smallest absolute Gasteiger partial charge is 0.225 e. The fourth-order valence-corrected chi connectivity index (χ4v) is 3.53. The number of ether oxygens (including phenoxy) is 1. The Morgan fingerprint density at radius 2 is 2.09 bits per heavy atom. The largest absolute Gasteiger partial charge is 0.373 e. The molecule has 2 fully saturated rings. The lowest BCUT2D eigenvalue weighted by Crippen LogP contribution is -2.56. The number of hydrogen-bond donors (Lipinski definition) is 0. The van der Waals surface area contributed by atoms with Gasteiger partial charge < -0.3 is 9.64 Å². The summed E-state index contributed by atoms with van der Waals surface area (Å²) in [5, 5.41) is 0.297. The molecule has 5 nitrogen and oxygen atoms in total. The average molecular weight is 343 g/mol. The third kappa shape index (κ3) is 2.21. The van der Waals surface area contributed by atoms with E-state index in [1.165, 1.54) is 6.20 Å². The Labute approximate surface area is 136 Å². The summed E-state index contributed by atoms with van der Waals surface area (Å²) >= 11 is 11.7. The van der Waals surface area contributed by atoms with E-state index in [2.05, 4.69) is 19.9 Å². The lowest BCUT2D eigenvalue weighted by atomic mass is 9.86. The molecule has 0 N–H and O–H groups in total. The summed E-state index contributed by atoms with van der Waals surface area (Å²) in [6.45, 7) is 2.34. The van der Waals surface area contributed by atoms with Crippen molar-refractivity contribution in [3.63, 3.8) is 0 Å². The van der Waals surface area contributed by atoms with E-state index in [4.69, 9.17) is 27.9 Å². The molecule has 0 bridgehead atoms. The molecule has 0 amide bonds. The molecule has 1 atom stereocenters. The van der Waals surface area contributed by atoms with Crippen LogP contribution in [0.3, 0.4) is 0 Å². The van der Waals surface area contributed by atoms with E-state index in [1.54, 1.807) is 0 Å². The average Bonchev–Trinajstić information content (AvgIpc) is 2.49. The molecule has 2 saturated heterocycles. The van der Waals surface area contributed by atoms with E-state index in [1.807, 2.05) is 0 Å². The van der Waals surface area contributed by atoms with Crippen molar-refractivity contribution in [2.45, 2.75) is 24.9 Å². The second-order valence-electron chi connectivity index (χ2n) is 5.75. The Hall–Kier alpha value is -1.24. The second kappa shape index (κ2) is 5.15. The summed E-state index contributed by atoms with van der Waals surface area (Å²) in [5.74, 6) is -0.0797. The van der Waals surface area contributed by atoms with Crippen LogP contribution in [0, 0.1) is 5.82 Å². The highest BCUT2D eigenvalue weighted by atomic mass is 35.5. The summed E-state index contributed by atoms with van der Waals surface area (Å²) in [4.78, 5) is 14.2. The SMILES string of the molecule is Fc1c(Cl)ncc2c(N3CCC[C@@]4(CCO4)C3)nc(Cl)nc12. The van der Waals surface area contributed by atoms with Gasteiger partial charge in [0, 0.05) is 25.7 Å². The van der Waals surface area contributed by atoms with Gasteiger partial charge in [0.1, 0.15) is 11.3 Å². The lowest BCUT2D eigenvalue weighted by molar-refractivity contribution is -0.151. The van der Waals surface area contributed by atoms with Gasteiger partial charge in [-0.15, -0.1) is 0 Å². The molecule has 4 heterocycles. The molecule has 4 rings (SSSR count). The molecule has 0 unspecified atom stereocenters. The lowest BCUT2D eigenvalue weighted by Gasteiger charge is -2.48. The number of pyridine rings is 1. The number of hydrogen-bond acceptors (Lipinski definition) is 5. The maximum Gasteiger partial charge on any atom is 0.225 e. The zero-order valence-corrected chi connectivity index (χ0v) is 13.2. The van der Waals surface area contributed by atoms with Crippen LogP contribution in [0.1, 0.15) is 19.3 Å². The Kier molecular flexibility index (Phi) is 3.36. The molecular weight excluding hydrogens is 330 g/mol. The normalized spacial score (nSPS) is 24.8. The van der Waals surface area contributed by atoms with Gasteiger partial charge in [0.05, 0.1) is 17.6 Å². The monoisotopic (exact) mass is 342 g/mol. The molecule has 0 aromatic carbocycles. The molecule has 2 aromatic rings. The van der Waals surface area contributed by atoms with Gasteiger partial charge in [-0.25, -0.2) is 14.4 Å². The Balaban J connectivity index is 1.82. The Morgan fingerprint density at radius 1 is 1.27 bits per heavy atom. The van der Waals surface area contributed by atoms with Crippen LogP contribution >= 0.6 is 23.2 Å². The van der Waals surface area contributed by atoms with Crippen LogP contribution in [0.2, 0.25) is 10.4 Å². The summed E-state index contributed by atoms with van der Waals surface area (Å²) < 4.78 is 19.9. The van der Waals surface area contributed by atoms with Gasteiger partial charge in [-0.05, 0) is 24.4 Å². The van der Waals surface area contributed by atoms with E-state index in [0.29, 0.717) is 11.2 Å². The standard InChI is InChI=1S/C14H13Cl2FN4O/c15-11-9(17)10-8(6-18-11)12(20-13(16)19-10)21-4-1-2-14(7-21)3-5-22-14/h6H,1-5,7H2/t14-/m1/s1. The first-order valence-corrected chi connectivity index (χ1v) is 7.90. The topological polar surface area (TPSA) is 51.1 Å². The predicted molar refractivity (Wildman–Crippen MR) is 82.1 cm³/mol. The minimum atomic E-state index is -0.670. The van der Waals surface area contributed by atoms with Crippen molar-refractivity contribution in [1.82, 2.24) is 15.0 Å². The zero-order valence-electron chi connectivity index (χ0n) is 11.7. The van der Waals surface area contributed by atoms with Gasteiger partial charge >= 0.3 is 0 Å². The summed E-state index contributed by atoms with van der Waals surface area (Å²) in [5.41, 5.74) is 0.00424. The van der Waals surface area contributed by atoms with Crippen LogP contribution in [-0.4, -0.2) is 40.2 Å². The quantitative estimate of drug-likeness (QED) is 0.588. The zero-order chi connectivity index (χ0) is 15.3. The van der Waals surface area contributed by atoms with Crippen molar-refractivity contribution in [3.05, 3.63) is 22.5 Å². The first-order chi connectivity index (χ1) is 10.6.